The molecule has 1 aromatic carbocycles. The second-order valence-corrected chi connectivity index (χ2v) is 11.4. The first-order valence-electron chi connectivity index (χ1n) is 13.2. The number of halogens is 3. The van der Waals surface area contributed by atoms with Crippen molar-refractivity contribution in [2.45, 2.75) is 39.8 Å². The number of rotatable bonds is 4. The van der Waals surface area contributed by atoms with Crippen LogP contribution in [-0.2, 0) is 11.0 Å². The van der Waals surface area contributed by atoms with Crippen molar-refractivity contribution in [2.24, 2.45) is 27.2 Å². The minimum atomic E-state index is -4.55. The average Bonchev–Trinajstić information content (AvgIpc) is 3.25. The van der Waals surface area contributed by atoms with Gasteiger partial charge in [-0.05, 0) is 49.2 Å². The highest BCUT2D eigenvalue weighted by Gasteiger charge is 2.46. The number of anilines is 1. The van der Waals surface area contributed by atoms with E-state index in [1.165, 1.54) is 0 Å². The zero-order valence-corrected chi connectivity index (χ0v) is 22.9. The molecule has 0 aliphatic carbocycles. The number of alkyl halides is 3. The maximum absolute atomic E-state index is 13.0. The van der Waals surface area contributed by atoms with Crippen LogP contribution in [0.4, 0.5) is 19.0 Å². The first-order chi connectivity index (χ1) is 19.3. The fraction of sp³-hybridized carbons (Fsp3) is 0.345. The highest BCUT2D eigenvalue weighted by Crippen LogP contribution is 2.38. The van der Waals surface area contributed by atoms with Crippen molar-refractivity contribution >= 4 is 29.7 Å². The molecule has 3 aliphatic rings. The Bertz CT molecular complexity index is 1500. The number of aliphatic imine (C=N–C) groups is 2. The van der Waals surface area contributed by atoms with Gasteiger partial charge in [0.15, 0.2) is 0 Å². The second-order valence-electron chi connectivity index (χ2n) is 11.4. The molecule has 214 valence electrons. The summed E-state index contributed by atoms with van der Waals surface area (Å²) in [6.45, 7) is 6.96. The van der Waals surface area contributed by atoms with Gasteiger partial charge in [-0.15, -0.1) is 4.59 Å². The van der Waals surface area contributed by atoms with Crippen LogP contribution in [0.2, 0.25) is 0 Å². The van der Waals surface area contributed by atoms with E-state index in [0.717, 1.165) is 42.6 Å². The molecule has 1 fully saturated rings. The van der Waals surface area contributed by atoms with Crippen molar-refractivity contribution in [1.82, 2.24) is 9.88 Å². The molecule has 4 heterocycles. The number of fused-ring (bicyclic) bond motifs is 1. The Balaban J connectivity index is 1.38. The average molecular weight is 567 g/mol. The number of quaternary nitrogens is 1. The van der Waals surface area contributed by atoms with Crippen LogP contribution in [-0.4, -0.2) is 51.4 Å². The molecule has 2 amide bonds. The number of carbonyl (C=O) groups is 2. The molecule has 3 N–H and O–H groups in total. The molecule has 2 atom stereocenters. The van der Waals surface area contributed by atoms with E-state index in [9.17, 15) is 22.8 Å². The van der Waals surface area contributed by atoms with Crippen LogP contribution in [0.3, 0.4) is 0 Å². The Hall–Kier alpha value is -4.16. The summed E-state index contributed by atoms with van der Waals surface area (Å²) >= 11 is 0. The van der Waals surface area contributed by atoms with E-state index in [4.69, 9.17) is 10.8 Å². The number of benzene rings is 1. The van der Waals surface area contributed by atoms with E-state index in [-0.39, 0.29) is 27.8 Å². The minimum absolute atomic E-state index is 0.0217. The number of nitrogens with zero attached hydrogens (tertiary/aromatic N) is 5. The number of hydrogen-bond donors (Lipinski definition) is 2. The number of amidine groups is 1. The quantitative estimate of drug-likeness (QED) is 0.407. The number of amides is 2. The van der Waals surface area contributed by atoms with Gasteiger partial charge < -0.3 is 10.2 Å². The van der Waals surface area contributed by atoms with Crippen LogP contribution in [0.15, 0.2) is 76.4 Å². The number of pyridine rings is 1. The first-order valence-corrected chi connectivity index (χ1v) is 13.2. The zero-order valence-electron chi connectivity index (χ0n) is 22.9. The molecular formula is C29H31F3N7O2+. The van der Waals surface area contributed by atoms with Gasteiger partial charge in [0.05, 0.1) is 23.5 Å². The van der Waals surface area contributed by atoms with Gasteiger partial charge in [-0.2, -0.15) is 24.0 Å². The van der Waals surface area contributed by atoms with Gasteiger partial charge in [-0.1, -0.05) is 20.8 Å². The second kappa shape index (κ2) is 10.3. The first kappa shape index (κ1) is 28.4. The van der Waals surface area contributed by atoms with Gasteiger partial charge in [0.2, 0.25) is 11.6 Å². The van der Waals surface area contributed by atoms with Gasteiger partial charge in [-0.25, -0.2) is 4.98 Å². The summed E-state index contributed by atoms with van der Waals surface area (Å²) in [5.41, 5.74) is 0.984. The molecule has 0 spiro atoms. The van der Waals surface area contributed by atoms with E-state index < -0.39 is 23.1 Å². The Morgan fingerprint density at radius 1 is 1.12 bits per heavy atom. The van der Waals surface area contributed by atoms with E-state index in [0.29, 0.717) is 24.5 Å². The molecule has 3 aliphatic heterocycles. The number of likely N-dealkylation sites (tertiary alicyclic amines) is 1. The Morgan fingerprint density at radius 2 is 1.85 bits per heavy atom. The Kier molecular flexibility index (Phi) is 7.16. The Morgan fingerprint density at radius 3 is 2.54 bits per heavy atom. The third-order valence-electron chi connectivity index (χ3n) is 7.29. The largest absolute Gasteiger partial charge is 0.416 e. The summed E-state index contributed by atoms with van der Waals surface area (Å²) < 4.78 is 38.9. The van der Waals surface area contributed by atoms with E-state index in [1.54, 1.807) is 42.9 Å². The monoisotopic (exact) mass is 566 g/mol. The summed E-state index contributed by atoms with van der Waals surface area (Å²) in [6, 6.07) is 8.10. The minimum Gasteiger partial charge on any atom is -0.342 e. The van der Waals surface area contributed by atoms with Crippen molar-refractivity contribution in [3.63, 3.8) is 0 Å². The molecule has 0 saturated carbocycles. The van der Waals surface area contributed by atoms with E-state index in [2.05, 4.69) is 15.3 Å². The van der Waals surface area contributed by atoms with Gasteiger partial charge in [0.25, 0.3) is 11.7 Å². The summed E-state index contributed by atoms with van der Waals surface area (Å²) in [7, 11) is 0. The van der Waals surface area contributed by atoms with Crippen molar-refractivity contribution < 1.29 is 27.4 Å². The van der Waals surface area contributed by atoms with E-state index in [1.807, 2.05) is 25.7 Å². The molecule has 2 unspecified atom stereocenters. The van der Waals surface area contributed by atoms with Crippen LogP contribution < -0.4 is 11.2 Å². The highest BCUT2D eigenvalue weighted by atomic mass is 19.4. The maximum atomic E-state index is 13.0. The van der Waals surface area contributed by atoms with Crippen LogP contribution in [0, 0.1) is 11.3 Å². The van der Waals surface area contributed by atoms with Crippen molar-refractivity contribution in [2.75, 3.05) is 18.4 Å². The topological polar surface area (TPSA) is 113 Å². The molecule has 12 heteroatoms. The molecular weight excluding hydrogens is 535 g/mol. The number of allylic oxidation sites excluding steroid dienone is 1. The number of hydrogen-bond acceptors (Lipinski definition) is 6. The lowest BCUT2D eigenvalue weighted by Crippen LogP contribution is -2.53. The highest BCUT2D eigenvalue weighted by molar-refractivity contribution is 6.05. The summed E-state index contributed by atoms with van der Waals surface area (Å²) in [5, 5.41) is 2.41. The molecule has 41 heavy (non-hydrogen) atoms. The third kappa shape index (κ3) is 5.57. The zero-order chi connectivity index (χ0) is 29.6. The molecule has 0 radical (unpaired) electrons. The Labute approximate surface area is 235 Å². The van der Waals surface area contributed by atoms with Gasteiger partial charge in [0, 0.05) is 36.2 Å². The SMILES string of the molecule is CC(C)(C)C(=O)N1CCCC(C2=C3C=NC=C[N+]3(N)C(c3ccc(C(=O)Nc4cc(C(F)(F)F)ccn4)cc3)=N2)C1. The molecule has 1 aromatic heterocycles. The fourth-order valence-electron chi connectivity index (χ4n) is 5.20. The summed E-state index contributed by atoms with van der Waals surface area (Å²) in [5.74, 6) is 6.65. The number of piperidine rings is 1. The molecule has 2 aromatic rings. The molecule has 5 rings (SSSR count). The van der Waals surface area contributed by atoms with Crippen LogP contribution in [0.5, 0.6) is 0 Å². The lowest BCUT2D eigenvalue weighted by Gasteiger charge is -2.36. The predicted molar refractivity (Wildman–Crippen MR) is 148 cm³/mol. The van der Waals surface area contributed by atoms with Crippen molar-refractivity contribution in [1.29, 1.82) is 0 Å². The maximum Gasteiger partial charge on any atom is 0.416 e. The lowest BCUT2D eigenvalue weighted by atomic mass is 9.89. The van der Waals surface area contributed by atoms with Crippen LogP contribution in [0.25, 0.3) is 0 Å². The van der Waals surface area contributed by atoms with Crippen LogP contribution in [0.1, 0.15) is 55.1 Å². The fourth-order valence-corrected chi connectivity index (χ4v) is 5.20. The number of nitrogens with two attached hydrogens (primary N) is 1. The summed E-state index contributed by atoms with van der Waals surface area (Å²) in [6.07, 6.45) is 3.15. The smallest absolute Gasteiger partial charge is 0.342 e. The van der Waals surface area contributed by atoms with Gasteiger partial charge in [0.1, 0.15) is 17.7 Å². The number of aromatic nitrogens is 1. The normalized spacial score (nSPS) is 22.5. The summed E-state index contributed by atoms with van der Waals surface area (Å²) in [4.78, 5) is 40.7. The van der Waals surface area contributed by atoms with Crippen molar-refractivity contribution in [3.8, 4) is 0 Å². The molecule has 9 nitrogen and oxygen atoms in total. The lowest BCUT2D eigenvalue weighted by molar-refractivity contribution is -0.750. The standard InChI is InChI=1S/C29H30F3N7O2/c1-28(2,3)27(41)38-13-4-5-20(17-38)24-22-16-34-12-14-39(22,33)25(37-24)18-6-8-19(9-7-18)26(40)36-23-15-21(10-11-35-23)29(30,31)32/h6-12,14-16,20H,4-5,13,17,33H2,1-3H3/p+1. The van der Waals surface area contributed by atoms with Crippen molar-refractivity contribution in [3.05, 3.63) is 83.1 Å². The molecule has 0 bridgehead atoms. The number of nitrogens with one attached hydrogen (secondary N) is 1. The van der Waals surface area contributed by atoms with E-state index >= 15 is 0 Å². The number of carbonyl (C=O) groups excluding carboxylic acids is 2. The predicted octanol–water partition coefficient (Wildman–Crippen LogP) is 4.86. The molecule has 1 saturated heterocycles. The van der Waals surface area contributed by atoms with Gasteiger partial charge >= 0.3 is 6.18 Å². The van der Waals surface area contributed by atoms with Gasteiger partial charge in [-0.3, -0.25) is 14.6 Å². The third-order valence-corrected chi connectivity index (χ3v) is 7.29. The van der Waals surface area contributed by atoms with Crippen LogP contribution >= 0.6 is 0 Å².